The van der Waals surface area contributed by atoms with Gasteiger partial charge in [0.05, 0.1) is 0 Å². The van der Waals surface area contributed by atoms with Gasteiger partial charge in [0.15, 0.2) is 0 Å². The number of pyridine rings is 2. The molecule has 104 valence electrons. The van der Waals surface area contributed by atoms with Gasteiger partial charge in [0.1, 0.15) is 11.6 Å². The predicted octanol–water partition coefficient (Wildman–Crippen LogP) is 3.55. The van der Waals surface area contributed by atoms with Crippen molar-refractivity contribution in [1.82, 2.24) is 9.97 Å². The molecule has 20 heavy (non-hydrogen) atoms. The van der Waals surface area contributed by atoms with Crippen LogP contribution in [0.4, 0.5) is 11.6 Å². The van der Waals surface area contributed by atoms with Crippen LogP contribution >= 0.6 is 11.6 Å². The topological polar surface area (TPSA) is 46.1 Å². The van der Waals surface area contributed by atoms with Crippen molar-refractivity contribution in [2.24, 2.45) is 0 Å². The van der Waals surface area contributed by atoms with E-state index >= 15 is 0 Å². The summed E-state index contributed by atoms with van der Waals surface area (Å²) < 4.78 is 0. The van der Waals surface area contributed by atoms with Gasteiger partial charge in [-0.25, -0.2) is 14.9 Å². The number of alkyl halides is 1. The van der Waals surface area contributed by atoms with Crippen LogP contribution in [0.3, 0.4) is 0 Å². The Hall–Kier alpha value is -1.94. The number of rotatable bonds is 6. The van der Waals surface area contributed by atoms with Gasteiger partial charge in [-0.1, -0.05) is 12.1 Å². The minimum atomic E-state index is -0.0208. The van der Waals surface area contributed by atoms with Gasteiger partial charge < -0.3 is 0 Å². The molecule has 0 aromatic carbocycles. The summed E-state index contributed by atoms with van der Waals surface area (Å²) in [7, 11) is 0. The highest BCUT2D eigenvalue weighted by Gasteiger charge is 2.19. The van der Waals surface area contributed by atoms with Crippen LogP contribution in [0.5, 0.6) is 0 Å². The number of unbranched alkanes of at least 4 members (excludes halogenated alkanes) is 1. The summed E-state index contributed by atoms with van der Waals surface area (Å²) in [5.74, 6) is 1.72. The quantitative estimate of drug-likeness (QED) is 0.603. The molecular formula is C15H16ClN3O. The molecule has 2 heterocycles. The molecule has 0 aliphatic heterocycles. The summed E-state index contributed by atoms with van der Waals surface area (Å²) in [6, 6.07) is 10.9. The lowest BCUT2D eigenvalue weighted by Crippen LogP contribution is -2.27. The molecule has 0 atom stereocenters. The molecule has 0 fully saturated rings. The van der Waals surface area contributed by atoms with Crippen LogP contribution in [0.25, 0.3) is 0 Å². The lowest BCUT2D eigenvalue weighted by atomic mass is 10.2. The van der Waals surface area contributed by atoms with Gasteiger partial charge in [0.2, 0.25) is 5.91 Å². The predicted molar refractivity (Wildman–Crippen MR) is 80.2 cm³/mol. The number of aromatic nitrogens is 2. The van der Waals surface area contributed by atoms with Gasteiger partial charge in [-0.15, -0.1) is 11.6 Å². The van der Waals surface area contributed by atoms with Crippen LogP contribution in [0, 0.1) is 0 Å². The summed E-state index contributed by atoms with van der Waals surface area (Å²) in [4.78, 5) is 22.5. The van der Waals surface area contributed by atoms with Crippen LogP contribution in [0.2, 0.25) is 0 Å². The van der Waals surface area contributed by atoms with Gasteiger partial charge in [0, 0.05) is 24.7 Å². The Morgan fingerprint density at radius 1 is 1.00 bits per heavy atom. The normalized spacial score (nSPS) is 10.2. The summed E-state index contributed by atoms with van der Waals surface area (Å²) >= 11 is 5.65. The summed E-state index contributed by atoms with van der Waals surface area (Å²) in [6.45, 7) is 0. The van der Waals surface area contributed by atoms with Gasteiger partial charge in [-0.3, -0.25) is 4.79 Å². The van der Waals surface area contributed by atoms with Crippen molar-refractivity contribution in [1.29, 1.82) is 0 Å². The third-order valence-corrected chi connectivity index (χ3v) is 3.05. The Morgan fingerprint density at radius 2 is 1.60 bits per heavy atom. The SMILES string of the molecule is O=C(CCCCCl)N(c1ccccn1)c1ccccn1. The average Bonchev–Trinajstić information content (AvgIpc) is 2.50. The summed E-state index contributed by atoms with van der Waals surface area (Å²) in [6.07, 6.45) is 5.35. The molecule has 0 spiro atoms. The fourth-order valence-electron chi connectivity index (χ4n) is 1.83. The first-order valence-electron chi connectivity index (χ1n) is 6.54. The van der Waals surface area contributed by atoms with E-state index in [1.54, 1.807) is 29.4 Å². The number of carbonyl (C=O) groups excluding carboxylic acids is 1. The molecule has 0 radical (unpaired) electrons. The highest BCUT2D eigenvalue weighted by atomic mass is 35.5. The number of hydrogen-bond donors (Lipinski definition) is 0. The Balaban J connectivity index is 2.23. The zero-order chi connectivity index (χ0) is 14.2. The maximum Gasteiger partial charge on any atom is 0.233 e. The molecule has 2 aromatic rings. The molecule has 0 saturated carbocycles. The number of amides is 1. The minimum Gasteiger partial charge on any atom is -0.274 e. The zero-order valence-electron chi connectivity index (χ0n) is 11.1. The van der Waals surface area contributed by atoms with E-state index in [0.717, 1.165) is 12.8 Å². The Labute approximate surface area is 123 Å². The van der Waals surface area contributed by atoms with Crippen LogP contribution < -0.4 is 4.90 Å². The monoisotopic (exact) mass is 289 g/mol. The van der Waals surface area contributed by atoms with E-state index < -0.39 is 0 Å². The standard InChI is InChI=1S/C15H16ClN3O/c16-10-4-1-9-15(20)19(13-7-2-5-11-17-13)14-8-3-6-12-18-14/h2-3,5-8,11-12H,1,4,9-10H2. The van der Waals surface area contributed by atoms with Crippen molar-refractivity contribution in [3.63, 3.8) is 0 Å². The first kappa shape index (κ1) is 14.5. The molecule has 0 saturated heterocycles. The Bertz CT molecular complexity index is 494. The lowest BCUT2D eigenvalue weighted by Gasteiger charge is -2.20. The van der Waals surface area contributed by atoms with Crippen molar-refractivity contribution >= 4 is 29.1 Å². The van der Waals surface area contributed by atoms with Gasteiger partial charge >= 0.3 is 0 Å². The number of anilines is 2. The van der Waals surface area contributed by atoms with Crippen molar-refractivity contribution < 1.29 is 4.79 Å². The highest BCUT2D eigenvalue weighted by molar-refractivity contribution is 6.17. The Kier molecular flexibility index (Phi) is 5.50. The second-order valence-electron chi connectivity index (χ2n) is 4.25. The smallest absolute Gasteiger partial charge is 0.233 e. The number of halogens is 1. The zero-order valence-corrected chi connectivity index (χ0v) is 11.8. The average molecular weight is 290 g/mol. The lowest BCUT2D eigenvalue weighted by molar-refractivity contribution is -0.118. The second-order valence-corrected chi connectivity index (χ2v) is 4.63. The number of hydrogen-bond acceptors (Lipinski definition) is 3. The van der Waals surface area contributed by atoms with E-state index in [1.807, 2.05) is 24.3 Å². The van der Waals surface area contributed by atoms with Crippen LogP contribution in [-0.4, -0.2) is 21.8 Å². The first-order valence-corrected chi connectivity index (χ1v) is 7.07. The Morgan fingerprint density at radius 3 is 2.05 bits per heavy atom. The van der Waals surface area contributed by atoms with Gasteiger partial charge in [0.25, 0.3) is 0 Å². The van der Waals surface area contributed by atoms with Crippen LogP contribution in [-0.2, 0) is 4.79 Å². The van der Waals surface area contributed by atoms with E-state index in [-0.39, 0.29) is 5.91 Å². The fourth-order valence-corrected chi connectivity index (χ4v) is 2.02. The van der Waals surface area contributed by atoms with E-state index in [2.05, 4.69) is 9.97 Å². The van der Waals surface area contributed by atoms with Crippen molar-refractivity contribution in [2.75, 3.05) is 10.8 Å². The molecule has 0 bridgehead atoms. The van der Waals surface area contributed by atoms with E-state index in [0.29, 0.717) is 23.9 Å². The molecule has 1 amide bonds. The first-order chi connectivity index (χ1) is 9.83. The van der Waals surface area contributed by atoms with Crippen LogP contribution in [0.15, 0.2) is 48.8 Å². The van der Waals surface area contributed by atoms with Gasteiger partial charge in [-0.05, 0) is 37.1 Å². The van der Waals surface area contributed by atoms with Crippen molar-refractivity contribution in [2.45, 2.75) is 19.3 Å². The van der Waals surface area contributed by atoms with Gasteiger partial charge in [-0.2, -0.15) is 0 Å². The molecule has 2 rings (SSSR count). The van der Waals surface area contributed by atoms with E-state index in [1.165, 1.54) is 0 Å². The third-order valence-electron chi connectivity index (χ3n) is 2.78. The van der Waals surface area contributed by atoms with Crippen molar-refractivity contribution in [3.8, 4) is 0 Å². The molecule has 0 N–H and O–H groups in total. The maximum absolute atomic E-state index is 12.4. The third kappa shape index (κ3) is 3.78. The molecular weight excluding hydrogens is 274 g/mol. The van der Waals surface area contributed by atoms with E-state index in [9.17, 15) is 4.79 Å². The molecule has 4 nitrogen and oxygen atoms in total. The summed E-state index contributed by atoms with van der Waals surface area (Å²) in [5, 5.41) is 0. The van der Waals surface area contributed by atoms with Crippen LogP contribution in [0.1, 0.15) is 19.3 Å². The fraction of sp³-hybridized carbons (Fsp3) is 0.267. The van der Waals surface area contributed by atoms with Crippen molar-refractivity contribution in [3.05, 3.63) is 48.8 Å². The van der Waals surface area contributed by atoms with E-state index in [4.69, 9.17) is 11.6 Å². The minimum absolute atomic E-state index is 0.0208. The molecule has 0 unspecified atom stereocenters. The second kappa shape index (κ2) is 7.60. The highest BCUT2D eigenvalue weighted by Crippen LogP contribution is 2.22. The largest absolute Gasteiger partial charge is 0.274 e. The molecule has 0 aliphatic rings. The summed E-state index contributed by atoms with van der Waals surface area (Å²) in [5.41, 5.74) is 0. The number of carbonyl (C=O) groups is 1. The number of nitrogens with zero attached hydrogens (tertiary/aromatic N) is 3. The maximum atomic E-state index is 12.4. The molecule has 2 aromatic heterocycles. The molecule has 5 heteroatoms. The molecule has 0 aliphatic carbocycles.